The highest BCUT2D eigenvalue weighted by atomic mass is 16.5. The monoisotopic (exact) mass is 223 g/mol. The second kappa shape index (κ2) is 6.71. The Balaban J connectivity index is 2.47. The third kappa shape index (κ3) is 4.21. The van der Waals surface area contributed by atoms with Crippen molar-refractivity contribution in [3.8, 4) is 5.75 Å². The van der Waals surface area contributed by atoms with Crippen molar-refractivity contribution in [2.24, 2.45) is 0 Å². The van der Waals surface area contributed by atoms with E-state index < -0.39 is 6.09 Å². The standard InChI is InChI=1S/C12H17NO3/c1-3-15-11-7-5-6-10(8-11)9-13-12(14)16-4-2/h5-8H,3-4,9H2,1-2H3,(H,13,14). The van der Waals surface area contributed by atoms with E-state index in [9.17, 15) is 4.79 Å². The third-order valence-corrected chi connectivity index (χ3v) is 1.92. The van der Waals surface area contributed by atoms with E-state index in [4.69, 9.17) is 9.47 Å². The van der Waals surface area contributed by atoms with Crippen LogP contribution in [0.4, 0.5) is 4.79 Å². The molecule has 0 aliphatic carbocycles. The van der Waals surface area contributed by atoms with E-state index in [1.807, 2.05) is 31.2 Å². The summed E-state index contributed by atoms with van der Waals surface area (Å²) in [6, 6.07) is 7.61. The van der Waals surface area contributed by atoms with Gasteiger partial charge in [0, 0.05) is 6.54 Å². The number of alkyl carbamates (subject to hydrolysis) is 1. The van der Waals surface area contributed by atoms with Crippen LogP contribution in [-0.4, -0.2) is 19.3 Å². The lowest BCUT2D eigenvalue weighted by Crippen LogP contribution is -2.23. The molecule has 0 spiro atoms. The molecule has 0 saturated carbocycles. The first-order valence-electron chi connectivity index (χ1n) is 5.38. The van der Waals surface area contributed by atoms with Crippen molar-refractivity contribution in [2.45, 2.75) is 20.4 Å². The molecule has 0 saturated heterocycles. The molecule has 1 N–H and O–H groups in total. The smallest absolute Gasteiger partial charge is 0.407 e. The maximum Gasteiger partial charge on any atom is 0.407 e. The van der Waals surface area contributed by atoms with Crippen molar-refractivity contribution in [1.29, 1.82) is 0 Å². The Kier molecular flexibility index (Phi) is 5.19. The third-order valence-electron chi connectivity index (χ3n) is 1.92. The Labute approximate surface area is 95.6 Å². The lowest BCUT2D eigenvalue weighted by Gasteiger charge is -2.07. The molecule has 1 rings (SSSR count). The maximum atomic E-state index is 11.1. The Morgan fingerprint density at radius 2 is 2.12 bits per heavy atom. The molecule has 0 unspecified atom stereocenters. The van der Waals surface area contributed by atoms with Gasteiger partial charge in [-0.1, -0.05) is 12.1 Å². The Hall–Kier alpha value is -1.71. The highest BCUT2D eigenvalue weighted by Gasteiger charge is 2.01. The van der Waals surface area contributed by atoms with Crippen molar-refractivity contribution in [1.82, 2.24) is 5.32 Å². The molecule has 0 aliphatic rings. The molecular formula is C12H17NO3. The maximum absolute atomic E-state index is 11.1. The fourth-order valence-corrected chi connectivity index (χ4v) is 1.27. The zero-order valence-corrected chi connectivity index (χ0v) is 9.66. The van der Waals surface area contributed by atoms with E-state index >= 15 is 0 Å². The average molecular weight is 223 g/mol. The van der Waals surface area contributed by atoms with Gasteiger partial charge < -0.3 is 14.8 Å². The fourth-order valence-electron chi connectivity index (χ4n) is 1.27. The summed E-state index contributed by atoms with van der Waals surface area (Å²) < 4.78 is 10.1. The Bertz CT molecular complexity index is 339. The number of hydrogen-bond donors (Lipinski definition) is 1. The summed E-state index contributed by atoms with van der Waals surface area (Å²) in [7, 11) is 0. The molecule has 4 nitrogen and oxygen atoms in total. The molecule has 0 fully saturated rings. The van der Waals surface area contributed by atoms with Gasteiger partial charge in [0.1, 0.15) is 5.75 Å². The van der Waals surface area contributed by atoms with Crippen molar-refractivity contribution >= 4 is 6.09 Å². The van der Waals surface area contributed by atoms with Gasteiger partial charge in [-0.05, 0) is 31.5 Å². The summed E-state index contributed by atoms with van der Waals surface area (Å²) in [6.07, 6.45) is -0.399. The van der Waals surface area contributed by atoms with Crippen LogP contribution >= 0.6 is 0 Å². The Morgan fingerprint density at radius 1 is 1.31 bits per heavy atom. The number of nitrogens with one attached hydrogen (secondary N) is 1. The summed E-state index contributed by atoms with van der Waals surface area (Å²) in [4.78, 5) is 11.1. The molecule has 0 heterocycles. The van der Waals surface area contributed by atoms with E-state index in [0.717, 1.165) is 11.3 Å². The van der Waals surface area contributed by atoms with Crippen LogP contribution in [0, 0.1) is 0 Å². The summed E-state index contributed by atoms with van der Waals surface area (Å²) in [5.74, 6) is 0.811. The number of ether oxygens (including phenoxy) is 2. The Morgan fingerprint density at radius 3 is 2.81 bits per heavy atom. The highest BCUT2D eigenvalue weighted by Crippen LogP contribution is 2.12. The molecule has 16 heavy (non-hydrogen) atoms. The van der Waals surface area contributed by atoms with Crippen LogP contribution in [0.15, 0.2) is 24.3 Å². The molecular weight excluding hydrogens is 206 g/mol. The zero-order valence-electron chi connectivity index (χ0n) is 9.66. The van der Waals surface area contributed by atoms with E-state index in [1.165, 1.54) is 0 Å². The number of rotatable bonds is 5. The minimum absolute atomic E-state index is 0.380. The van der Waals surface area contributed by atoms with E-state index in [0.29, 0.717) is 19.8 Å². The van der Waals surface area contributed by atoms with Crippen molar-refractivity contribution < 1.29 is 14.3 Å². The number of benzene rings is 1. The molecule has 0 aliphatic heterocycles. The lowest BCUT2D eigenvalue weighted by molar-refractivity contribution is 0.151. The first-order chi connectivity index (χ1) is 7.76. The summed E-state index contributed by atoms with van der Waals surface area (Å²) in [5, 5.41) is 2.65. The van der Waals surface area contributed by atoms with Crippen LogP contribution in [0.25, 0.3) is 0 Å². The van der Waals surface area contributed by atoms with Gasteiger partial charge >= 0.3 is 6.09 Å². The van der Waals surface area contributed by atoms with Gasteiger partial charge in [-0.3, -0.25) is 0 Å². The van der Waals surface area contributed by atoms with E-state index in [-0.39, 0.29) is 0 Å². The van der Waals surface area contributed by atoms with Gasteiger partial charge in [0.05, 0.1) is 13.2 Å². The highest BCUT2D eigenvalue weighted by molar-refractivity contribution is 5.67. The van der Waals surface area contributed by atoms with Gasteiger partial charge in [-0.2, -0.15) is 0 Å². The normalized spacial score (nSPS) is 9.62. The second-order valence-electron chi connectivity index (χ2n) is 3.15. The predicted molar refractivity (Wildman–Crippen MR) is 61.5 cm³/mol. The molecule has 0 radical (unpaired) electrons. The SMILES string of the molecule is CCOC(=O)NCc1cccc(OCC)c1. The molecule has 0 aromatic heterocycles. The first kappa shape index (κ1) is 12.4. The summed E-state index contributed by atoms with van der Waals surface area (Å²) >= 11 is 0. The summed E-state index contributed by atoms with van der Waals surface area (Å²) in [5.41, 5.74) is 0.985. The van der Waals surface area contributed by atoms with E-state index in [1.54, 1.807) is 6.92 Å². The van der Waals surface area contributed by atoms with Gasteiger partial charge in [-0.15, -0.1) is 0 Å². The van der Waals surface area contributed by atoms with Crippen molar-refractivity contribution in [3.05, 3.63) is 29.8 Å². The molecule has 1 amide bonds. The average Bonchev–Trinajstić information content (AvgIpc) is 2.28. The topological polar surface area (TPSA) is 47.6 Å². The number of hydrogen-bond acceptors (Lipinski definition) is 3. The number of carbonyl (C=O) groups excluding carboxylic acids is 1. The van der Waals surface area contributed by atoms with Crippen LogP contribution in [0.3, 0.4) is 0 Å². The van der Waals surface area contributed by atoms with Crippen LogP contribution in [0.2, 0.25) is 0 Å². The lowest BCUT2D eigenvalue weighted by atomic mass is 10.2. The van der Waals surface area contributed by atoms with Crippen LogP contribution in [0.1, 0.15) is 19.4 Å². The van der Waals surface area contributed by atoms with Crippen molar-refractivity contribution in [2.75, 3.05) is 13.2 Å². The summed E-state index contributed by atoms with van der Waals surface area (Å²) in [6.45, 7) is 5.16. The van der Waals surface area contributed by atoms with Crippen LogP contribution in [-0.2, 0) is 11.3 Å². The molecule has 4 heteroatoms. The minimum atomic E-state index is -0.399. The number of carbonyl (C=O) groups is 1. The van der Waals surface area contributed by atoms with E-state index in [2.05, 4.69) is 5.32 Å². The quantitative estimate of drug-likeness (QED) is 0.833. The predicted octanol–water partition coefficient (Wildman–Crippen LogP) is 2.33. The largest absolute Gasteiger partial charge is 0.494 e. The van der Waals surface area contributed by atoms with Gasteiger partial charge in [0.25, 0.3) is 0 Å². The fraction of sp³-hybridized carbons (Fsp3) is 0.417. The number of amides is 1. The molecule has 1 aromatic carbocycles. The first-order valence-corrected chi connectivity index (χ1v) is 5.38. The molecule has 88 valence electrons. The van der Waals surface area contributed by atoms with Gasteiger partial charge in [0.15, 0.2) is 0 Å². The van der Waals surface area contributed by atoms with Crippen molar-refractivity contribution in [3.63, 3.8) is 0 Å². The van der Waals surface area contributed by atoms with Gasteiger partial charge in [0.2, 0.25) is 0 Å². The second-order valence-corrected chi connectivity index (χ2v) is 3.15. The molecule has 0 atom stereocenters. The van der Waals surface area contributed by atoms with Crippen LogP contribution < -0.4 is 10.1 Å². The minimum Gasteiger partial charge on any atom is -0.494 e. The van der Waals surface area contributed by atoms with Gasteiger partial charge in [-0.25, -0.2) is 4.79 Å². The zero-order chi connectivity index (χ0) is 11.8. The van der Waals surface area contributed by atoms with Crippen LogP contribution in [0.5, 0.6) is 5.75 Å². The molecule has 0 bridgehead atoms. The molecule has 1 aromatic rings.